The molecule has 0 aromatic heterocycles. The molecule has 48 heavy (non-hydrogen) atoms. The molecule has 0 bridgehead atoms. The third-order valence-electron chi connectivity index (χ3n) is 8.15. The first-order chi connectivity index (χ1) is 23.0. The molecular formula is C36H43NO8S3. The lowest BCUT2D eigenvalue weighted by Crippen LogP contribution is -2.43. The monoisotopic (exact) mass is 713 g/mol. The molecule has 1 aliphatic heterocycles. The average molecular weight is 714 g/mol. The highest BCUT2D eigenvalue weighted by Crippen LogP contribution is 2.49. The van der Waals surface area contributed by atoms with Crippen LogP contribution >= 0.6 is 35.3 Å². The van der Waals surface area contributed by atoms with Gasteiger partial charge in [-0.15, -0.1) is 23.5 Å². The number of hydrogen-bond donors (Lipinski definition) is 3. The zero-order valence-corrected chi connectivity index (χ0v) is 30.1. The van der Waals surface area contributed by atoms with Gasteiger partial charge in [0.1, 0.15) is 23.3 Å². The molecule has 2 aliphatic rings. The topological polar surface area (TPSA) is 139 Å². The number of allylic oxidation sites excluding steroid dienone is 4. The fraction of sp³-hybridized carbons (Fsp3) is 0.444. The predicted octanol–water partition coefficient (Wildman–Crippen LogP) is 7.33. The maximum atomic E-state index is 13.0. The van der Waals surface area contributed by atoms with E-state index in [4.69, 9.17) is 9.47 Å². The van der Waals surface area contributed by atoms with E-state index in [0.717, 1.165) is 48.5 Å². The molecule has 1 amide bonds. The molecule has 1 heterocycles. The first-order valence-electron chi connectivity index (χ1n) is 15.9. The molecule has 0 saturated carbocycles. The van der Waals surface area contributed by atoms with Crippen molar-refractivity contribution in [3.63, 3.8) is 0 Å². The van der Waals surface area contributed by atoms with Gasteiger partial charge in [-0.25, -0.2) is 4.79 Å². The zero-order chi connectivity index (χ0) is 34.8. The largest absolute Gasteiger partial charge is 0.507 e. The number of esters is 1. The number of carbonyl (C=O) groups is 4. The van der Waals surface area contributed by atoms with Gasteiger partial charge in [0.15, 0.2) is 11.6 Å². The van der Waals surface area contributed by atoms with Gasteiger partial charge in [-0.05, 0) is 81.2 Å². The van der Waals surface area contributed by atoms with Gasteiger partial charge in [-0.3, -0.25) is 14.4 Å². The summed E-state index contributed by atoms with van der Waals surface area (Å²) in [4.78, 5) is 50.7. The fourth-order valence-electron chi connectivity index (χ4n) is 5.54. The maximum Gasteiger partial charge on any atom is 0.329 e. The van der Waals surface area contributed by atoms with Crippen molar-refractivity contribution >= 4 is 58.7 Å². The van der Waals surface area contributed by atoms with E-state index >= 15 is 0 Å². The van der Waals surface area contributed by atoms with Crippen LogP contribution in [-0.2, 0) is 14.3 Å². The number of ether oxygens (including phenoxy) is 2. The lowest BCUT2D eigenvalue weighted by molar-refractivity contribution is -0.144. The minimum atomic E-state index is -0.947. The molecule has 1 unspecified atom stereocenters. The summed E-state index contributed by atoms with van der Waals surface area (Å²) in [6.07, 6.45) is 8.47. The van der Waals surface area contributed by atoms with E-state index in [2.05, 4.69) is 17.4 Å². The number of thioether (sulfide) groups is 3. The van der Waals surface area contributed by atoms with Crippen molar-refractivity contribution in [3.8, 4) is 17.2 Å². The third kappa shape index (κ3) is 9.85. The summed E-state index contributed by atoms with van der Waals surface area (Å²) in [6, 6.07) is 8.58. The van der Waals surface area contributed by atoms with Gasteiger partial charge in [-0.1, -0.05) is 30.2 Å². The number of hydrogen-bond acceptors (Lipinski definition) is 11. The molecule has 258 valence electrons. The second-order valence-electron chi connectivity index (χ2n) is 11.9. The van der Waals surface area contributed by atoms with Crippen LogP contribution in [0.1, 0.15) is 94.0 Å². The van der Waals surface area contributed by atoms with E-state index in [9.17, 15) is 29.4 Å². The molecule has 0 spiro atoms. The van der Waals surface area contributed by atoms with Crippen molar-refractivity contribution in [2.45, 2.75) is 73.5 Å². The number of aromatic hydroxyl groups is 2. The van der Waals surface area contributed by atoms with Crippen molar-refractivity contribution in [2.75, 3.05) is 25.7 Å². The molecule has 2 aromatic rings. The van der Waals surface area contributed by atoms with Crippen LogP contribution in [0.2, 0.25) is 0 Å². The Morgan fingerprint density at radius 2 is 1.77 bits per heavy atom. The molecular weight excluding hydrogens is 671 g/mol. The van der Waals surface area contributed by atoms with Crippen LogP contribution in [0.15, 0.2) is 54.1 Å². The molecule has 2 aromatic carbocycles. The van der Waals surface area contributed by atoms with Crippen LogP contribution in [0.25, 0.3) is 0 Å². The standard InChI is InChI=1S/C36H43NO8S3/c1-21(2)9-16-30(25-19-29(40)32-27(38)14-15-28(39)33(32)34(25)42)47-20-26(35(43)45-4)37-31(41)8-6-5-7-24-17-18-46-36(48-24)22-10-12-23(44-3)13-11-22/h9-15,19,24,26,30,36,40,42H,5-8,16-18,20H2,1-4H3,(H,37,41)/t24-,26+,30-,36?/m1/s1. The highest BCUT2D eigenvalue weighted by atomic mass is 32.2. The van der Waals surface area contributed by atoms with Crippen molar-refractivity contribution in [1.82, 2.24) is 5.32 Å². The van der Waals surface area contributed by atoms with Gasteiger partial charge in [0.25, 0.3) is 0 Å². The quantitative estimate of drug-likeness (QED) is 0.0740. The highest BCUT2D eigenvalue weighted by Gasteiger charge is 2.32. The third-order valence-corrected chi connectivity index (χ3v) is 12.7. The number of rotatable bonds is 15. The summed E-state index contributed by atoms with van der Waals surface area (Å²) >= 11 is 5.21. The van der Waals surface area contributed by atoms with Gasteiger partial charge < -0.3 is 25.0 Å². The van der Waals surface area contributed by atoms with Crippen LogP contribution in [0, 0.1) is 0 Å². The molecule has 12 heteroatoms. The van der Waals surface area contributed by atoms with E-state index < -0.39 is 34.6 Å². The van der Waals surface area contributed by atoms with Crippen LogP contribution in [0.5, 0.6) is 17.2 Å². The number of phenolic OH excluding ortho intramolecular Hbond substituents is 2. The Morgan fingerprint density at radius 1 is 1.06 bits per heavy atom. The van der Waals surface area contributed by atoms with E-state index in [1.807, 2.05) is 55.6 Å². The normalized spacial score (nSPS) is 18.4. The number of benzene rings is 2. The van der Waals surface area contributed by atoms with Crippen LogP contribution in [0.3, 0.4) is 0 Å². The minimum absolute atomic E-state index is 0.118. The molecule has 4 atom stereocenters. The summed E-state index contributed by atoms with van der Waals surface area (Å²) in [7, 11) is 2.92. The van der Waals surface area contributed by atoms with Gasteiger partial charge in [0.05, 0.1) is 29.9 Å². The van der Waals surface area contributed by atoms with Gasteiger partial charge in [0, 0.05) is 28.2 Å². The number of ketones is 2. The Hall–Kier alpha value is -3.35. The Morgan fingerprint density at radius 3 is 2.44 bits per heavy atom. The zero-order valence-electron chi connectivity index (χ0n) is 27.7. The smallest absolute Gasteiger partial charge is 0.329 e. The Bertz CT molecular complexity index is 1550. The van der Waals surface area contributed by atoms with E-state index in [-0.39, 0.29) is 40.5 Å². The summed E-state index contributed by atoms with van der Waals surface area (Å²) in [5.41, 5.74) is 2.08. The summed E-state index contributed by atoms with van der Waals surface area (Å²) < 4.78 is 10.6. The average Bonchev–Trinajstić information content (AvgIpc) is 3.08. The molecule has 9 nitrogen and oxygen atoms in total. The summed E-state index contributed by atoms with van der Waals surface area (Å²) in [6.45, 7) is 3.84. The van der Waals surface area contributed by atoms with Crippen molar-refractivity contribution in [2.24, 2.45) is 0 Å². The van der Waals surface area contributed by atoms with Crippen molar-refractivity contribution in [1.29, 1.82) is 0 Å². The predicted molar refractivity (Wildman–Crippen MR) is 193 cm³/mol. The lowest BCUT2D eigenvalue weighted by atomic mass is 9.89. The van der Waals surface area contributed by atoms with E-state index in [1.54, 1.807) is 7.11 Å². The van der Waals surface area contributed by atoms with E-state index in [1.165, 1.54) is 30.5 Å². The second-order valence-corrected chi connectivity index (χ2v) is 16.1. The molecule has 4 rings (SSSR count). The number of methoxy groups -OCH3 is 2. The van der Waals surface area contributed by atoms with Crippen molar-refractivity contribution in [3.05, 3.63) is 76.4 Å². The van der Waals surface area contributed by atoms with Crippen molar-refractivity contribution < 1.29 is 38.9 Å². The van der Waals surface area contributed by atoms with Gasteiger partial charge in [0.2, 0.25) is 5.91 Å². The maximum absolute atomic E-state index is 13.0. The number of nitrogens with one attached hydrogen (secondary N) is 1. The van der Waals surface area contributed by atoms with Crippen LogP contribution in [0.4, 0.5) is 0 Å². The first kappa shape index (κ1) is 37.5. The lowest BCUT2D eigenvalue weighted by Gasteiger charge is -2.28. The minimum Gasteiger partial charge on any atom is -0.507 e. The molecule has 1 fully saturated rings. The highest BCUT2D eigenvalue weighted by molar-refractivity contribution is 8.17. The molecule has 1 aliphatic carbocycles. The molecule has 1 saturated heterocycles. The number of amides is 1. The second kappa shape index (κ2) is 17.9. The number of carbonyl (C=O) groups excluding carboxylic acids is 4. The molecule has 3 N–H and O–H groups in total. The summed E-state index contributed by atoms with van der Waals surface area (Å²) in [5, 5.41) is 24.6. The van der Waals surface area contributed by atoms with Crippen LogP contribution in [-0.4, -0.2) is 70.7 Å². The number of fused-ring (bicyclic) bond motifs is 1. The van der Waals surface area contributed by atoms with Gasteiger partial charge in [-0.2, -0.15) is 11.8 Å². The Kier molecular flexibility index (Phi) is 14.0. The first-order valence-corrected chi connectivity index (χ1v) is 18.9. The fourth-order valence-corrected chi connectivity index (χ4v) is 10.2. The van der Waals surface area contributed by atoms with Gasteiger partial charge >= 0.3 is 5.97 Å². The summed E-state index contributed by atoms with van der Waals surface area (Å²) in [5.74, 6) is -0.719. The van der Waals surface area contributed by atoms with Crippen LogP contribution < -0.4 is 10.1 Å². The Balaban J connectivity index is 1.34. The SMILES string of the molecule is COC(=O)[C@H](CS[C@H](CC=C(C)C)c1cc(O)c2c(c1O)C(=O)C=CC2=O)NC(=O)CCCC[C@@H]1CCSC(c2ccc(OC)cc2)S1. The Labute approximate surface area is 294 Å². The number of phenols is 2. The molecule has 0 radical (unpaired) electrons. The van der Waals surface area contributed by atoms with E-state index in [0.29, 0.717) is 22.7 Å². The number of unbranched alkanes of at least 4 members (excludes halogenated alkanes) is 1.